The van der Waals surface area contributed by atoms with Crippen molar-refractivity contribution in [3.8, 4) is 0 Å². The van der Waals surface area contributed by atoms with E-state index in [1.165, 1.54) is 0 Å². The third-order valence-electron chi connectivity index (χ3n) is 4.45. The largest absolute Gasteiger partial charge is 0.416 e. The fourth-order valence-corrected chi connectivity index (χ4v) is 3.34. The minimum Gasteiger partial charge on any atom is -0.361 e. The lowest BCUT2D eigenvalue weighted by Gasteiger charge is -2.24. The molecule has 23 heavy (non-hydrogen) atoms. The molecule has 0 bridgehead atoms. The molecule has 1 saturated heterocycles. The van der Waals surface area contributed by atoms with Crippen LogP contribution >= 0.6 is 0 Å². The molecule has 3 rings (SSSR count). The highest BCUT2D eigenvalue weighted by atomic mass is 19.4. The Morgan fingerprint density at radius 3 is 2.48 bits per heavy atom. The fraction of sp³-hybridized carbons (Fsp3) is 0.471. The van der Waals surface area contributed by atoms with Gasteiger partial charge in [-0.1, -0.05) is 17.3 Å². The second-order valence-corrected chi connectivity index (χ2v) is 6.06. The Hall–Kier alpha value is -1.82. The molecule has 0 spiro atoms. The number of hydrogen-bond donors (Lipinski definition) is 0. The summed E-state index contributed by atoms with van der Waals surface area (Å²) in [4.78, 5) is 2.29. The van der Waals surface area contributed by atoms with Crippen LogP contribution in [0.15, 0.2) is 28.8 Å². The number of hydrogen-bond acceptors (Lipinski definition) is 3. The number of benzene rings is 1. The predicted octanol–water partition coefficient (Wildman–Crippen LogP) is 4.65. The zero-order valence-electron chi connectivity index (χ0n) is 13.2. The molecule has 0 saturated carbocycles. The summed E-state index contributed by atoms with van der Waals surface area (Å²) in [5.41, 5.74) is 2.29. The second kappa shape index (κ2) is 6.00. The van der Waals surface area contributed by atoms with Crippen LogP contribution in [0.1, 0.15) is 47.0 Å². The van der Waals surface area contributed by atoms with Gasteiger partial charge in [-0.25, -0.2) is 0 Å². The Labute approximate surface area is 133 Å². The number of aromatic nitrogens is 1. The summed E-state index contributed by atoms with van der Waals surface area (Å²) in [5.74, 6) is 0.826. The van der Waals surface area contributed by atoms with Gasteiger partial charge in [0.25, 0.3) is 0 Å². The predicted molar refractivity (Wildman–Crippen MR) is 79.8 cm³/mol. The van der Waals surface area contributed by atoms with E-state index in [1.54, 1.807) is 12.1 Å². The maximum atomic E-state index is 12.6. The number of halogens is 3. The van der Waals surface area contributed by atoms with Crippen molar-refractivity contribution in [2.75, 3.05) is 6.54 Å². The quantitative estimate of drug-likeness (QED) is 0.823. The second-order valence-electron chi connectivity index (χ2n) is 6.06. The molecule has 2 heterocycles. The molecule has 0 radical (unpaired) electrons. The third-order valence-corrected chi connectivity index (χ3v) is 4.45. The first-order valence-electron chi connectivity index (χ1n) is 7.69. The highest BCUT2D eigenvalue weighted by Gasteiger charge is 2.32. The highest BCUT2D eigenvalue weighted by molar-refractivity contribution is 5.28. The van der Waals surface area contributed by atoms with Crippen molar-refractivity contribution < 1.29 is 17.7 Å². The minimum atomic E-state index is -4.29. The Bertz CT molecular complexity index is 657. The van der Waals surface area contributed by atoms with Crippen molar-refractivity contribution in [3.05, 3.63) is 52.4 Å². The summed E-state index contributed by atoms with van der Waals surface area (Å²) in [6.45, 7) is 5.40. The van der Waals surface area contributed by atoms with Gasteiger partial charge in [-0.2, -0.15) is 13.2 Å². The Morgan fingerprint density at radius 1 is 1.22 bits per heavy atom. The average Bonchev–Trinajstić information content (AvgIpc) is 3.05. The van der Waals surface area contributed by atoms with E-state index in [2.05, 4.69) is 10.1 Å². The Morgan fingerprint density at radius 2 is 1.91 bits per heavy atom. The van der Waals surface area contributed by atoms with Crippen LogP contribution in [-0.4, -0.2) is 16.6 Å². The molecule has 3 nitrogen and oxygen atoms in total. The topological polar surface area (TPSA) is 29.3 Å². The molecule has 0 aliphatic carbocycles. The van der Waals surface area contributed by atoms with E-state index in [0.29, 0.717) is 6.54 Å². The molecule has 124 valence electrons. The van der Waals surface area contributed by atoms with Crippen molar-refractivity contribution in [1.82, 2.24) is 10.1 Å². The molecule has 1 aromatic heterocycles. The van der Waals surface area contributed by atoms with E-state index < -0.39 is 11.7 Å². The van der Waals surface area contributed by atoms with Crippen LogP contribution in [0.25, 0.3) is 0 Å². The first-order chi connectivity index (χ1) is 10.9. The number of rotatable bonds is 3. The van der Waals surface area contributed by atoms with Gasteiger partial charge in [0.2, 0.25) is 0 Å². The van der Waals surface area contributed by atoms with Crippen molar-refractivity contribution in [1.29, 1.82) is 0 Å². The maximum Gasteiger partial charge on any atom is 0.416 e. The molecule has 1 aliphatic rings. The van der Waals surface area contributed by atoms with Crippen molar-refractivity contribution in [2.45, 2.75) is 45.5 Å². The van der Waals surface area contributed by atoms with Crippen LogP contribution in [-0.2, 0) is 12.7 Å². The first kappa shape index (κ1) is 16.1. The number of likely N-dealkylation sites (tertiary alicyclic amines) is 1. The van der Waals surface area contributed by atoms with Gasteiger partial charge in [0, 0.05) is 18.2 Å². The van der Waals surface area contributed by atoms with Crippen LogP contribution in [0.3, 0.4) is 0 Å². The van der Waals surface area contributed by atoms with Gasteiger partial charge in [0.05, 0.1) is 11.3 Å². The normalized spacial score (nSPS) is 19.4. The van der Waals surface area contributed by atoms with Gasteiger partial charge < -0.3 is 4.52 Å². The van der Waals surface area contributed by atoms with Gasteiger partial charge in [-0.05, 0) is 50.9 Å². The van der Waals surface area contributed by atoms with E-state index >= 15 is 0 Å². The van der Waals surface area contributed by atoms with Gasteiger partial charge in [0.1, 0.15) is 5.76 Å². The number of aryl methyl sites for hydroxylation is 2. The van der Waals surface area contributed by atoms with Crippen molar-refractivity contribution in [3.63, 3.8) is 0 Å². The zero-order chi connectivity index (χ0) is 16.6. The first-order valence-corrected chi connectivity index (χ1v) is 7.69. The van der Waals surface area contributed by atoms with Crippen LogP contribution in [0, 0.1) is 13.8 Å². The summed E-state index contributed by atoms with van der Waals surface area (Å²) in [6, 6.07) is 5.65. The Balaban J connectivity index is 1.77. The summed E-state index contributed by atoms with van der Waals surface area (Å²) in [5, 5.41) is 4.01. The van der Waals surface area contributed by atoms with Gasteiger partial charge >= 0.3 is 6.18 Å². The average molecular weight is 324 g/mol. The molecule has 1 atom stereocenters. The lowest BCUT2D eigenvalue weighted by Crippen LogP contribution is -2.23. The molecular weight excluding hydrogens is 305 g/mol. The summed E-state index contributed by atoms with van der Waals surface area (Å²) in [7, 11) is 0. The summed E-state index contributed by atoms with van der Waals surface area (Å²) in [6.07, 6.45) is -2.20. The molecule has 0 amide bonds. The SMILES string of the molecule is Cc1noc(C)c1[C@@H]1CCCN1Cc1ccc(C(F)(F)F)cc1. The monoisotopic (exact) mass is 324 g/mol. The molecule has 6 heteroatoms. The number of nitrogens with zero attached hydrogens (tertiary/aromatic N) is 2. The smallest absolute Gasteiger partial charge is 0.361 e. The van der Waals surface area contributed by atoms with Crippen molar-refractivity contribution in [2.24, 2.45) is 0 Å². The molecule has 1 fully saturated rings. The third kappa shape index (κ3) is 3.27. The molecule has 1 aliphatic heterocycles. The fourth-order valence-electron chi connectivity index (χ4n) is 3.34. The Kier molecular flexibility index (Phi) is 4.19. The van der Waals surface area contributed by atoms with E-state index in [4.69, 9.17) is 4.52 Å². The van der Waals surface area contributed by atoms with Gasteiger partial charge in [-0.15, -0.1) is 0 Å². The van der Waals surface area contributed by atoms with Gasteiger partial charge in [0.15, 0.2) is 0 Å². The highest BCUT2D eigenvalue weighted by Crippen LogP contribution is 2.36. The van der Waals surface area contributed by atoms with E-state index in [-0.39, 0.29) is 6.04 Å². The summed E-state index contributed by atoms with van der Waals surface area (Å²) < 4.78 is 43.2. The van der Waals surface area contributed by atoms with Crippen LogP contribution in [0.2, 0.25) is 0 Å². The lowest BCUT2D eigenvalue weighted by molar-refractivity contribution is -0.137. The molecule has 2 aromatic rings. The van der Waals surface area contributed by atoms with Crippen LogP contribution in [0.4, 0.5) is 13.2 Å². The van der Waals surface area contributed by atoms with E-state index in [1.807, 2.05) is 13.8 Å². The maximum absolute atomic E-state index is 12.6. The van der Waals surface area contributed by atoms with E-state index in [0.717, 1.165) is 54.1 Å². The van der Waals surface area contributed by atoms with E-state index in [9.17, 15) is 13.2 Å². The summed E-state index contributed by atoms with van der Waals surface area (Å²) >= 11 is 0. The molecule has 0 N–H and O–H groups in total. The zero-order valence-corrected chi connectivity index (χ0v) is 13.2. The van der Waals surface area contributed by atoms with Crippen molar-refractivity contribution >= 4 is 0 Å². The van der Waals surface area contributed by atoms with Crippen LogP contribution in [0.5, 0.6) is 0 Å². The molecule has 0 unspecified atom stereocenters. The lowest BCUT2D eigenvalue weighted by atomic mass is 10.0. The standard InChI is InChI=1S/C17H19F3N2O/c1-11-16(12(2)23-21-11)15-4-3-9-22(15)10-13-5-7-14(8-6-13)17(18,19)20/h5-8,15H,3-4,9-10H2,1-2H3/t15-/m0/s1. The molecular formula is C17H19F3N2O. The van der Waals surface area contributed by atoms with Crippen LogP contribution < -0.4 is 0 Å². The minimum absolute atomic E-state index is 0.226. The number of alkyl halides is 3. The van der Waals surface area contributed by atoms with Gasteiger partial charge in [-0.3, -0.25) is 4.90 Å². The molecule has 1 aromatic carbocycles.